The van der Waals surface area contributed by atoms with Gasteiger partial charge >= 0.3 is 0 Å². The zero-order valence-corrected chi connectivity index (χ0v) is 8.40. The van der Waals surface area contributed by atoms with Crippen molar-refractivity contribution in [1.29, 1.82) is 0 Å². The smallest absolute Gasteiger partial charge is 0.181 e. The van der Waals surface area contributed by atoms with Crippen molar-refractivity contribution < 1.29 is 14.5 Å². The topological polar surface area (TPSA) is 44.0 Å². The van der Waals surface area contributed by atoms with Crippen LogP contribution < -0.4 is 9.67 Å². The van der Waals surface area contributed by atoms with Gasteiger partial charge in [0.25, 0.3) is 0 Å². The van der Waals surface area contributed by atoms with Crippen LogP contribution in [0.3, 0.4) is 0 Å². The molecule has 0 aliphatic heterocycles. The van der Waals surface area contributed by atoms with E-state index in [2.05, 4.69) is 10.6 Å². The number of carboxylic acid groups (broad SMARTS) is 1. The van der Waals surface area contributed by atoms with Gasteiger partial charge < -0.3 is 9.90 Å². The summed E-state index contributed by atoms with van der Waals surface area (Å²) in [5.41, 5.74) is 1.23. The van der Waals surface area contributed by atoms with Crippen LogP contribution in [-0.4, -0.2) is 5.97 Å². The van der Waals surface area contributed by atoms with Crippen molar-refractivity contribution >= 4 is 5.97 Å². The number of aryl methyl sites for hydroxylation is 2. The number of carbonyl (C=O) groups is 1. The average Bonchev–Trinajstić information content (AvgIpc) is 2.15. The summed E-state index contributed by atoms with van der Waals surface area (Å²) in [6.45, 7) is 0. The zero-order chi connectivity index (χ0) is 10.4. The second-order valence-electron chi connectivity index (χ2n) is 3.38. The highest BCUT2D eigenvalue weighted by Crippen LogP contribution is 2.01. The molecule has 0 amide bonds. The van der Waals surface area contributed by atoms with E-state index in [0.717, 1.165) is 12.8 Å². The number of rotatable bonds is 5. The fraction of sp³-hybridized carbons (Fsp3) is 0.455. The fourth-order valence-electron chi connectivity index (χ4n) is 1.39. The molecule has 0 saturated heterocycles. The van der Waals surface area contributed by atoms with E-state index in [-0.39, 0.29) is 6.42 Å². The lowest BCUT2D eigenvalue weighted by Gasteiger charge is -2.01. The van der Waals surface area contributed by atoms with Gasteiger partial charge in [-0.05, 0) is 19.3 Å². The number of pyridine rings is 1. The largest absolute Gasteiger partial charge is 0.550 e. The Bertz CT molecular complexity index is 310. The molecule has 0 aliphatic carbocycles. The van der Waals surface area contributed by atoms with Crippen molar-refractivity contribution in [3.8, 4) is 0 Å². The SMILES string of the molecule is C[n+]1ccccc1CCCCC(=O)[O-]. The molecule has 0 spiro atoms. The Morgan fingerprint density at radius 1 is 1.43 bits per heavy atom. The van der Waals surface area contributed by atoms with E-state index in [1.165, 1.54) is 5.69 Å². The molecule has 1 heterocycles. The van der Waals surface area contributed by atoms with E-state index < -0.39 is 5.97 Å². The molecule has 0 radical (unpaired) electrons. The molecule has 1 aromatic heterocycles. The summed E-state index contributed by atoms with van der Waals surface area (Å²) in [5.74, 6) is -0.956. The molecule has 14 heavy (non-hydrogen) atoms. The van der Waals surface area contributed by atoms with Gasteiger partial charge in [-0.1, -0.05) is 6.07 Å². The minimum atomic E-state index is -0.956. The van der Waals surface area contributed by atoms with Gasteiger partial charge in [0.05, 0.1) is 0 Å². The summed E-state index contributed by atoms with van der Waals surface area (Å²) in [6, 6.07) is 6.03. The Morgan fingerprint density at radius 2 is 2.21 bits per heavy atom. The van der Waals surface area contributed by atoms with Crippen LogP contribution in [0, 0.1) is 0 Å². The maximum atomic E-state index is 10.2. The summed E-state index contributed by atoms with van der Waals surface area (Å²) in [4.78, 5) is 10.2. The van der Waals surface area contributed by atoms with Gasteiger partial charge in [-0.2, -0.15) is 0 Å². The van der Waals surface area contributed by atoms with Gasteiger partial charge in [-0.25, -0.2) is 4.57 Å². The summed E-state index contributed by atoms with van der Waals surface area (Å²) >= 11 is 0. The molecular formula is C11H15NO2. The molecule has 0 atom stereocenters. The van der Waals surface area contributed by atoms with Crippen molar-refractivity contribution in [2.45, 2.75) is 25.7 Å². The molecule has 0 saturated carbocycles. The van der Waals surface area contributed by atoms with Crippen molar-refractivity contribution in [3.05, 3.63) is 30.1 Å². The van der Waals surface area contributed by atoms with Crippen molar-refractivity contribution in [1.82, 2.24) is 0 Å². The predicted octanol–water partition coefficient (Wildman–Crippen LogP) is -0.0262. The highest BCUT2D eigenvalue weighted by atomic mass is 16.4. The van der Waals surface area contributed by atoms with Gasteiger partial charge in [-0.3, -0.25) is 0 Å². The number of carbonyl (C=O) groups excluding carboxylic acids is 1. The maximum absolute atomic E-state index is 10.2. The summed E-state index contributed by atoms with van der Waals surface area (Å²) in [6.07, 6.45) is 4.66. The lowest BCUT2D eigenvalue weighted by Crippen LogP contribution is -2.32. The predicted molar refractivity (Wildman–Crippen MR) is 50.2 cm³/mol. The van der Waals surface area contributed by atoms with Crippen LogP contribution in [0.25, 0.3) is 0 Å². The van der Waals surface area contributed by atoms with Crippen LogP contribution in [0.5, 0.6) is 0 Å². The first-order valence-corrected chi connectivity index (χ1v) is 4.83. The molecule has 3 nitrogen and oxygen atoms in total. The number of carboxylic acids is 1. The monoisotopic (exact) mass is 193 g/mol. The molecule has 1 aromatic rings. The molecule has 0 fully saturated rings. The van der Waals surface area contributed by atoms with E-state index in [0.29, 0.717) is 6.42 Å². The van der Waals surface area contributed by atoms with Crippen LogP contribution in [-0.2, 0) is 18.3 Å². The first kappa shape index (κ1) is 10.7. The van der Waals surface area contributed by atoms with Gasteiger partial charge in [0, 0.05) is 24.5 Å². The first-order chi connectivity index (χ1) is 6.70. The number of aromatic nitrogens is 1. The molecule has 0 N–H and O–H groups in total. The van der Waals surface area contributed by atoms with Gasteiger partial charge in [0.1, 0.15) is 7.05 Å². The van der Waals surface area contributed by atoms with Crippen LogP contribution in [0.4, 0.5) is 0 Å². The van der Waals surface area contributed by atoms with Gasteiger partial charge in [-0.15, -0.1) is 0 Å². The molecule has 76 valence electrons. The standard InChI is InChI=1S/C11H15NO2/c1-12-9-5-4-7-10(12)6-2-3-8-11(13)14/h4-5,7,9H,2-3,6,8H2,1H3. The summed E-state index contributed by atoms with van der Waals surface area (Å²) in [7, 11) is 1.99. The molecule has 1 rings (SSSR count). The van der Waals surface area contributed by atoms with Crippen LogP contribution in [0.2, 0.25) is 0 Å². The van der Waals surface area contributed by atoms with E-state index >= 15 is 0 Å². The third-order valence-corrected chi connectivity index (χ3v) is 2.23. The van der Waals surface area contributed by atoms with Crippen LogP contribution >= 0.6 is 0 Å². The molecule has 0 unspecified atom stereocenters. The fourth-order valence-corrected chi connectivity index (χ4v) is 1.39. The Morgan fingerprint density at radius 3 is 2.86 bits per heavy atom. The third-order valence-electron chi connectivity index (χ3n) is 2.23. The Kier molecular flexibility index (Phi) is 4.11. The van der Waals surface area contributed by atoms with Gasteiger partial charge in [0.2, 0.25) is 0 Å². The lowest BCUT2D eigenvalue weighted by molar-refractivity contribution is -0.679. The normalized spacial score (nSPS) is 10.1. The quantitative estimate of drug-likeness (QED) is 0.487. The summed E-state index contributed by atoms with van der Waals surface area (Å²) < 4.78 is 2.05. The average molecular weight is 193 g/mol. The number of unbranched alkanes of at least 4 members (excludes halogenated alkanes) is 1. The first-order valence-electron chi connectivity index (χ1n) is 4.83. The summed E-state index contributed by atoms with van der Waals surface area (Å²) in [5, 5.41) is 10.2. The van der Waals surface area contributed by atoms with Crippen LogP contribution in [0.15, 0.2) is 24.4 Å². The number of aliphatic carboxylic acids is 1. The zero-order valence-electron chi connectivity index (χ0n) is 8.40. The van der Waals surface area contributed by atoms with E-state index in [4.69, 9.17) is 0 Å². The highest BCUT2D eigenvalue weighted by molar-refractivity contribution is 5.64. The highest BCUT2D eigenvalue weighted by Gasteiger charge is 2.03. The minimum absolute atomic E-state index is 0.163. The Labute approximate surface area is 84.0 Å². The molecular weight excluding hydrogens is 178 g/mol. The van der Waals surface area contributed by atoms with E-state index in [9.17, 15) is 9.90 Å². The lowest BCUT2D eigenvalue weighted by atomic mass is 10.1. The number of nitrogens with zero attached hydrogens (tertiary/aromatic N) is 1. The Hall–Kier alpha value is -1.38. The van der Waals surface area contributed by atoms with Gasteiger partial charge in [0.15, 0.2) is 11.9 Å². The van der Waals surface area contributed by atoms with Crippen LogP contribution in [0.1, 0.15) is 25.0 Å². The minimum Gasteiger partial charge on any atom is -0.550 e. The molecule has 0 bridgehead atoms. The number of hydrogen-bond acceptors (Lipinski definition) is 2. The van der Waals surface area contributed by atoms with E-state index in [1.807, 2.05) is 25.4 Å². The molecule has 0 aromatic carbocycles. The second kappa shape index (κ2) is 5.37. The molecule has 3 heteroatoms. The molecule has 0 aliphatic rings. The van der Waals surface area contributed by atoms with Crippen molar-refractivity contribution in [2.24, 2.45) is 7.05 Å². The van der Waals surface area contributed by atoms with Crippen molar-refractivity contribution in [3.63, 3.8) is 0 Å². The number of hydrogen-bond donors (Lipinski definition) is 0. The maximum Gasteiger partial charge on any atom is 0.181 e. The Balaban J connectivity index is 2.31. The van der Waals surface area contributed by atoms with Crippen molar-refractivity contribution in [2.75, 3.05) is 0 Å². The van der Waals surface area contributed by atoms with E-state index in [1.54, 1.807) is 0 Å². The second-order valence-corrected chi connectivity index (χ2v) is 3.38. The third kappa shape index (κ3) is 3.56.